The van der Waals surface area contributed by atoms with Crippen LogP contribution in [-0.4, -0.2) is 39.2 Å². The highest BCUT2D eigenvalue weighted by Gasteiger charge is 2.29. The molecule has 1 heterocycles. The summed E-state index contributed by atoms with van der Waals surface area (Å²) in [6.45, 7) is 4.26. The molecule has 176 valence electrons. The summed E-state index contributed by atoms with van der Waals surface area (Å²) in [5, 5.41) is 18.6. The SMILES string of the molecule is CCC(CC)CC(NC(Cc1ccccc1)C(=O)NC)c1nnnn1-c1ccc(Cl)cc1F. The van der Waals surface area contributed by atoms with Crippen molar-refractivity contribution < 1.29 is 9.18 Å². The van der Waals surface area contributed by atoms with Gasteiger partial charge in [-0.25, -0.2) is 4.39 Å². The number of amides is 1. The fraction of sp³-hybridized carbons (Fsp3) is 0.417. The number of rotatable bonds is 11. The third kappa shape index (κ3) is 6.36. The van der Waals surface area contributed by atoms with Crippen LogP contribution in [-0.2, 0) is 11.2 Å². The Kier molecular flexibility index (Phi) is 8.91. The Bertz CT molecular complexity index is 1040. The van der Waals surface area contributed by atoms with E-state index in [0.717, 1.165) is 18.4 Å². The minimum Gasteiger partial charge on any atom is -0.358 e. The van der Waals surface area contributed by atoms with Crippen LogP contribution >= 0.6 is 11.6 Å². The van der Waals surface area contributed by atoms with Crippen molar-refractivity contribution in [3.05, 3.63) is 70.8 Å². The van der Waals surface area contributed by atoms with Crippen LogP contribution in [0.3, 0.4) is 0 Å². The van der Waals surface area contributed by atoms with Crippen molar-refractivity contribution in [1.29, 1.82) is 0 Å². The molecule has 0 aliphatic carbocycles. The summed E-state index contributed by atoms with van der Waals surface area (Å²) in [6, 6.07) is 13.3. The number of hydrogen-bond acceptors (Lipinski definition) is 5. The highest BCUT2D eigenvalue weighted by atomic mass is 35.5. The van der Waals surface area contributed by atoms with Crippen LogP contribution in [0.25, 0.3) is 5.69 Å². The molecule has 0 bridgehead atoms. The molecular formula is C24H30ClFN6O. The van der Waals surface area contributed by atoms with Gasteiger partial charge in [0.15, 0.2) is 5.82 Å². The summed E-state index contributed by atoms with van der Waals surface area (Å²) < 4.78 is 16.1. The number of nitrogens with zero attached hydrogens (tertiary/aromatic N) is 4. The Morgan fingerprint density at radius 3 is 2.52 bits per heavy atom. The van der Waals surface area contributed by atoms with Gasteiger partial charge in [-0.3, -0.25) is 10.1 Å². The van der Waals surface area contributed by atoms with Gasteiger partial charge in [0.1, 0.15) is 11.5 Å². The predicted octanol–water partition coefficient (Wildman–Crippen LogP) is 4.27. The van der Waals surface area contributed by atoms with Crippen molar-refractivity contribution in [2.45, 2.75) is 51.6 Å². The molecule has 7 nitrogen and oxygen atoms in total. The van der Waals surface area contributed by atoms with Gasteiger partial charge in [0, 0.05) is 12.1 Å². The lowest BCUT2D eigenvalue weighted by molar-refractivity contribution is -0.122. The maximum absolute atomic E-state index is 14.7. The molecule has 2 N–H and O–H groups in total. The number of carbonyl (C=O) groups excluding carboxylic acids is 1. The quantitative estimate of drug-likeness (QED) is 0.435. The normalized spacial score (nSPS) is 13.2. The second-order valence-corrected chi connectivity index (χ2v) is 8.48. The van der Waals surface area contributed by atoms with Gasteiger partial charge in [0.05, 0.1) is 12.1 Å². The second-order valence-electron chi connectivity index (χ2n) is 8.04. The average molecular weight is 473 g/mol. The molecule has 0 fully saturated rings. The lowest BCUT2D eigenvalue weighted by Gasteiger charge is -2.27. The molecule has 0 saturated heterocycles. The molecule has 1 amide bonds. The molecule has 3 aromatic rings. The van der Waals surface area contributed by atoms with Crippen LogP contribution in [0.5, 0.6) is 0 Å². The first-order valence-corrected chi connectivity index (χ1v) is 11.6. The molecule has 2 unspecified atom stereocenters. The van der Waals surface area contributed by atoms with Crippen LogP contribution in [0.15, 0.2) is 48.5 Å². The summed E-state index contributed by atoms with van der Waals surface area (Å²) in [6.07, 6.45) is 3.13. The molecule has 1 aromatic heterocycles. The number of carbonyl (C=O) groups is 1. The van der Waals surface area contributed by atoms with Crippen molar-refractivity contribution in [2.75, 3.05) is 7.05 Å². The van der Waals surface area contributed by atoms with Crippen molar-refractivity contribution in [3.8, 4) is 5.69 Å². The van der Waals surface area contributed by atoms with Gasteiger partial charge in [-0.2, -0.15) is 4.68 Å². The number of likely N-dealkylation sites (N-methyl/N-ethyl adjacent to an activating group) is 1. The van der Waals surface area contributed by atoms with Crippen molar-refractivity contribution in [3.63, 3.8) is 0 Å². The third-order valence-electron chi connectivity index (χ3n) is 5.91. The van der Waals surface area contributed by atoms with Gasteiger partial charge in [0.25, 0.3) is 0 Å². The maximum Gasteiger partial charge on any atom is 0.237 e. The first-order chi connectivity index (χ1) is 16.0. The zero-order valence-corrected chi connectivity index (χ0v) is 19.9. The molecule has 33 heavy (non-hydrogen) atoms. The third-order valence-corrected chi connectivity index (χ3v) is 6.15. The van der Waals surface area contributed by atoms with Crippen molar-refractivity contribution >= 4 is 17.5 Å². The molecule has 9 heteroatoms. The molecule has 0 radical (unpaired) electrons. The summed E-state index contributed by atoms with van der Waals surface area (Å²) >= 11 is 5.93. The van der Waals surface area contributed by atoms with E-state index < -0.39 is 11.9 Å². The zero-order chi connectivity index (χ0) is 23.8. The molecule has 0 aliphatic rings. The standard InChI is InChI=1S/C24H30ClFN6O/c1-4-16(5-2)13-20(28-21(24(33)27-3)14-17-9-7-6-8-10-17)23-29-30-31-32(23)22-12-11-18(25)15-19(22)26/h6-12,15-16,20-21,28H,4-5,13-14H2,1-3H3,(H,27,33). The number of hydrogen-bond donors (Lipinski definition) is 2. The molecule has 0 saturated carbocycles. The Hall–Kier alpha value is -2.84. The van der Waals surface area contributed by atoms with Gasteiger partial charge in [-0.05, 0) is 52.9 Å². The van der Waals surface area contributed by atoms with Crippen LogP contribution in [0.4, 0.5) is 4.39 Å². The number of tetrazole rings is 1. The van der Waals surface area contributed by atoms with E-state index in [0.29, 0.717) is 29.6 Å². The van der Waals surface area contributed by atoms with Gasteiger partial charge in [0.2, 0.25) is 5.91 Å². The van der Waals surface area contributed by atoms with Crippen LogP contribution in [0.2, 0.25) is 5.02 Å². The van der Waals surface area contributed by atoms with E-state index in [4.69, 9.17) is 11.6 Å². The van der Waals surface area contributed by atoms with Gasteiger partial charge in [-0.15, -0.1) is 5.10 Å². The van der Waals surface area contributed by atoms with E-state index in [1.807, 2.05) is 30.3 Å². The zero-order valence-electron chi connectivity index (χ0n) is 19.1. The van der Waals surface area contributed by atoms with E-state index in [9.17, 15) is 9.18 Å². The molecule has 2 atom stereocenters. The average Bonchev–Trinajstić information content (AvgIpc) is 3.30. The highest BCUT2D eigenvalue weighted by molar-refractivity contribution is 6.30. The maximum atomic E-state index is 14.7. The largest absolute Gasteiger partial charge is 0.358 e. The Balaban J connectivity index is 1.98. The summed E-state index contributed by atoms with van der Waals surface area (Å²) in [5.74, 6) is 0.171. The summed E-state index contributed by atoms with van der Waals surface area (Å²) in [4.78, 5) is 12.8. The second kappa shape index (κ2) is 11.9. The van der Waals surface area contributed by atoms with Gasteiger partial charge < -0.3 is 5.32 Å². The molecule has 3 rings (SSSR count). The first kappa shape index (κ1) is 24.8. The fourth-order valence-corrected chi connectivity index (χ4v) is 4.09. The lowest BCUT2D eigenvalue weighted by Crippen LogP contribution is -2.46. The van der Waals surface area contributed by atoms with Crippen LogP contribution < -0.4 is 10.6 Å². The fourth-order valence-electron chi connectivity index (χ4n) is 3.93. The van der Waals surface area contributed by atoms with E-state index in [1.165, 1.54) is 10.7 Å². The van der Waals surface area contributed by atoms with E-state index in [-0.39, 0.29) is 17.6 Å². The molecule has 0 spiro atoms. The monoisotopic (exact) mass is 472 g/mol. The van der Waals surface area contributed by atoms with Gasteiger partial charge in [-0.1, -0.05) is 68.6 Å². The number of nitrogens with one attached hydrogen (secondary N) is 2. The summed E-state index contributed by atoms with van der Waals surface area (Å²) in [7, 11) is 1.62. The lowest BCUT2D eigenvalue weighted by atomic mass is 9.93. The van der Waals surface area contributed by atoms with Gasteiger partial charge >= 0.3 is 0 Å². The molecule has 2 aromatic carbocycles. The number of halogens is 2. The van der Waals surface area contributed by atoms with E-state index in [1.54, 1.807) is 19.2 Å². The van der Waals surface area contributed by atoms with Crippen molar-refractivity contribution in [2.24, 2.45) is 5.92 Å². The predicted molar refractivity (Wildman–Crippen MR) is 127 cm³/mol. The Morgan fingerprint density at radius 2 is 1.88 bits per heavy atom. The highest BCUT2D eigenvalue weighted by Crippen LogP contribution is 2.27. The van der Waals surface area contributed by atoms with Crippen LogP contribution in [0.1, 0.15) is 50.5 Å². The van der Waals surface area contributed by atoms with Crippen molar-refractivity contribution in [1.82, 2.24) is 30.8 Å². The topological polar surface area (TPSA) is 84.7 Å². The minimum atomic E-state index is -0.524. The number of benzene rings is 2. The van der Waals surface area contributed by atoms with E-state index in [2.05, 4.69) is 40.0 Å². The minimum absolute atomic E-state index is 0.134. The molecular weight excluding hydrogens is 443 g/mol. The molecule has 0 aliphatic heterocycles. The Morgan fingerprint density at radius 1 is 1.15 bits per heavy atom. The first-order valence-electron chi connectivity index (χ1n) is 11.2. The Labute approximate surface area is 198 Å². The van der Waals surface area contributed by atoms with E-state index >= 15 is 0 Å². The van der Waals surface area contributed by atoms with Crippen LogP contribution in [0, 0.1) is 11.7 Å². The summed E-state index contributed by atoms with van der Waals surface area (Å²) in [5.41, 5.74) is 1.23. The number of aromatic nitrogens is 4. The smallest absolute Gasteiger partial charge is 0.237 e.